The minimum atomic E-state index is -3.03. The number of hydrogen-bond acceptors (Lipinski definition) is 8. The summed E-state index contributed by atoms with van der Waals surface area (Å²) in [6, 6.07) is 30.3. The Kier molecular flexibility index (Phi) is 15.7. The molecule has 1 fully saturated rings. The van der Waals surface area contributed by atoms with Crippen molar-refractivity contribution in [3.63, 3.8) is 0 Å². The lowest BCUT2D eigenvalue weighted by Gasteiger charge is -2.47. The summed E-state index contributed by atoms with van der Waals surface area (Å²) in [4.78, 5) is 13.3. The van der Waals surface area contributed by atoms with Crippen LogP contribution < -0.4 is 10.4 Å². The average Bonchev–Trinajstić information content (AvgIpc) is 3.15. The second-order valence-corrected chi connectivity index (χ2v) is 18.8. The molecule has 1 N–H and O–H groups in total. The van der Waals surface area contributed by atoms with E-state index in [1.54, 1.807) is 6.92 Å². The maximum atomic E-state index is 13.3. The van der Waals surface area contributed by atoms with Gasteiger partial charge >= 0.3 is 5.97 Å². The van der Waals surface area contributed by atoms with Crippen LogP contribution in [0.4, 0.5) is 0 Å². The lowest BCUT2D eigenvalue weighted by molar-refractivity contribution is -0.317. The minimum absolute atomic E-state index is 0.0365. The highest BCUT2D eigenvalue weighted by Gasteiger charge is 2.53. The zero-order chi connectivity index (χ0) is 37.4. The molecule has 3 aromatic rings. The molecule has 0 aliphatic carbocycles. The molecule has 0 aromatic heterocycles. The smallest absolute Gasteiger partial charge is 0.308 e. The molecule has 1 saturated heterocycles. The molecule has 2 unspecified atom stereocenters. The van der Waals surface area contributed by atoms with Crippen molar-refractivity contribution < 1.29 is 39.4 Å². The summed E-state index contributed by atoms with van der Waals surface area (Å²) < 4.78 is 46.1. The van der Waals surface area contributed by atoms with Gasteiger partial charge in [-0.3, -0.25) is 4.79 Å². The lowest BCUT2D eigenvalue weighted by Crippen LogP contribution is -2.68. The van der Waals surface area contributed by atoms with E-state index in [9.17, 15) is 9.90 Å². The Balaban J connectivity index is 1.65. The van der Waals surface area contributed by atoms with Crippen LogP contribution in [0.2, 0.25) is 5.04 Å². The molecule has 280 valence electrons. The Hall–Kier alpha value is -2.89. The third kappa shape index (κ3) is 11.3. The van der Waals surface area contributed by atoms with Crippen molar-refractivity contribution in [1.82, 2.24) is 0 Å². The molecule has 0 amide bonds. The van der Waals surface area contributed by atoms with E-state index in [4.69, 9.17) is 29.5 Å². The maximum absolute atomic E-state index is 13.3. The van der Waals surface area contributed by atoms with Crippen LogP contribution in [0.1, 0.15) is 87.0 Å². The molecule has 6 atom stereocenters. The number of hydrogen-bond donors (Lipinski definition) is 1. The summed E-state index contributed by atoms with van der Waals surface area (Å²) in [5.74, 6) is -1.26. The van der Waals surface area contributed by atoms with Crippen LogP contribution in [0.15, 0.2) is 91.0 Å². The van der Waals surface area contributed by atoms with E-state index in [1.807, 2.05) is 66.7 Å². The van der Waals surface area contributed by atoms with Gasteiger partial charge in [-0.05, 0) is 27.4 Å². The Morgan fingerprint density at radius 1 is 0.863 bits per heavy atom. The fraction of sp³-hybridized carbons (Fsp3) is 0.548. The van der Waals surface area contributed by atoms with Gasteiger partial charge in [-0.1, -0.05) is 165 Å². The van der Waals surface area contributed by atoms with Crippen LogP contribution in [0.3, 0.4) is 0 Å². The summed E-state index contributed by atoms with van der Waals surface area (Å²) in [7, 11) is -3.03. The fourth-order valence-electron chi connectivity index (χ4n) is 6.66. The van der Waals surface area contributed by atoms with E-state index in [1.165, 1.54) is 19.3 Å². The lowest BCUT2D eigenvalue weighted by atomic mass is 9.98. The molecule has 8 nitrogen and oxygen atoms in total. The van der Waals surface area contributed by atoms with E-state index >= 15 is 0 Å². The van der Waals surface area contributed by atoms with Crippen LogP contribution in [0.5, 0.6) is 0 Å². The van der Waals surface area contributed by atoms with Gasteiger partial charge in [0.05, 0.1) is 19.1 Å². The van der Waals surface area contributed by atoms with Gasteiger partial charge < -0.3 is 33.2 Å². The topological polar surface area (TPSA) is 92.7 Å². The number of aliphatic hydroxyl groups is 1. The van der Waals surface area contributed by atoms with Crippen LogP contribution in [-0.2, 0) is 39.5 Å². The highest BCUT2D eigenvalue weighted by Crippen LogP contribution is 2.38. The molecule has 1 aliphatic rings. The summed E-state index contributed by atoms with van der Waals surface area (Å²) in [5, 5.41) is 13.6. The van der Waals surface area contributed by atoms with Gasteiger partial charge in [0.2, 0.25) is 0 Å². The molecule has 0 saturated carbocycles. The second kappa shape index (κ2) is 20.4. The van der Waals surface area contributed by atoms with Gasteiger partial charge in [-0.2, -0.15) is 0 Å². The highest BCUT2D eigenvalue weighted by molar-refractivity contribution is 6.99. The Morgan fingerprint density at radius 3 is 2.04 bits per heavy atom. The largest absolute Gasteiger partial charge is 0.456 e. The van der Waals surface area contributed by atoms with Crippen LogP contribution in [-0.4, -0.2) is 70.1 Å². The highest BCUT2D eigenvalue weighted by atomic mass is 28.4. The van der Waals surface area contributed by atoms with Gasteiger partial charge in [0, 0.05) is 7.98 Å². The summed E-state index contributed by atoms with van der Waals surface area (Å²) in [5.41, 5.74) is 0.975. The van der Waals surface area contributed by atoms with Gasteiger partial charge in [0.15, 0.2) is 12.4 Å². The number of ether oxygens (including phenoxy) is 5. The molecule has 4 rings (SSSR count). The molecular formula is C42H60O8Si. The minimum Gasteiger partial charge on any atom is -0.456 e. The number of carbonyl (C=O) groups excluding carboxylic acids is 1. The zero-order valence-electron chi connectivity index (χ0n) is 32.2. The van der Waals surface area contributed by atoms with Crippen molar-refractivity contribution in [3.8, 4) is 0 Å². The Labute approximate surface area is 308 Å². The molecule has 0 bridgehead atoms. The van der Waals surface area contributed by atoms with Gasteiger partial charge in [-0.25, -0.2) is 0 Å². The number of unbranched alkanes of at least 4 members (excludes halogenated alkanes) is 5. The van der Waals surface area contributed by atoms with Gasteiger partial charge in [0.1, 0.15) is 25.1 Å². The first-order valence-corrected chi connectivity index (χ1v) is 20.5. The average molecular weight is 722 g/mol. The maximum Gasteiger partial charge on any atom is 0.308 e. The quantitative estimate of drug-likeness (QED) is 0.0570. The van der Waals surface area contributed by atoms with Crippen molar-refractivity contribution in [1.29, 1.82) is 0 Å². The van der Waals surface area contributed by atoms with E-state index in [2.05, 4.69) is 52.0 Å². The zero-order valence-corrected chi connectivity index (χ0v) is 32.2. The van der Waals surface area contributed by atoms with E-state index in [-0.39, 0.29) is 25.3 Å². The molecule has 0 spiro atoms. The second-order valence-electron chi connectivity index (χ2n) is 14.5. The van der Waals surface area contributed by atoms with Crippen LogP contribution in [0.25, 0.3) is 0 Å². The predicted molar refractivity (Wildman–Crippen MR) is 203 cm³/mol. The van der Waals surface area contributed by atoms with Crippen LogP contribution >= 0.6 is 0 Å². The molecule has 51 heavy (non-hydrogen) atoms. The third-order valence-electron chi connectivity index (χ3n) is 9.39. The normalized spacial score (nSPS) is 21.9. The monoisotopic (exact) mass is 721 g/mol. The van der Waals surface area contributed by atoms with Gasteiger partial charge in [-0.15, -0.1) is 0 Å². The molecule has 1 heterocycles. The van der Waals surface area contributed by atoms with Crippen molar-refractivity contribution in [2.45, 2.75) is 122 Å². The number of aliphatic hydroxyl groups excluding tert-OH is 1. The molecule has 9 heteroatoms. The van der Waals surface area contributed by atoms with Gasteiger partial charge in [0.25, 0.3) is 8.32 Å². The van der Waals surface area contributed by atoms with Crippen molar-refractivity contribution in [2.75, 3.05) is 20.0 Å². The van der Waals surface area contributed by atoms with E-state index in [0.717, 1.165) is 35.2 Å². The van der Waals surface area contributed by atoms with E-state index < -0.39 is 50.9 Å². The fourth-order valence-corrected chi connectivity index (χ4v) is 11.2. The summed E-state index contributed by atoms with van der Waals surface area (Å²) in [6.45, 7) is 10.9. The Morgan fingerprint density at radius 2 is 1.45 bits per heavy atom. The first kappa shape index (κ1) is 39.3. The predicted octanol–water partition coefficient (Wildman–Crippen LogP) is 7.15. The van der Waals surface area contributed by atoms with Crippen molar-refractivity contribution in [3.05, 3.63) is 96.6 Å². The summed E-state index contributed by atoms with van der Waals surface area (Å²) in [6.07, 6.45) is 1.23. The number of esters is 1. The molecule has 0 radical (unpaired) electrons. The first-order valence-electron chi connectivity index (χ1n) is 19.3. The summed E-state index contributed by atoms with van der Waals surface area (Å²) >= 11 is 0. The molecule has 1 aliphatic heterocycles. The molecule has 3 aromatic carbocycles. The standard InChI is InChI=1S/C42H60O8Si/c1-7-8-9-10-11-21-28-46-41-37(43)39(47-31-45-29-33-22-15-12-16-23-33)38(50-40(44)32(2)3)36(49-41)30-48-51(42(4,5)6,34-24-17-13-18-25-34)35-26-19-14-20-27-35/h12-20,22-27,32,36-39,41,43H,7-11,21,28-31H2,1-6H3/t36-,37-,38-,39-,41?/m1/s1/i2D/t32?,36-,37-,38-,39-,41?. The van der Waals surface area contributed by atoms with Crippen molar-refractivity contribution in [2.24, 2.45) is 5.92 Å². The van der Waals surface area contributed by atoms with E-state index in [0.29, 0.717) is 13.2 Å². The SMILES string of the molecule is [2H]CC(C)C(=O)O[C@H]1[C@H](OCOCc2ccccc2)[C@@H](O)C(OCCCCCCCC)O[C@@H]1CO[Si](c1ccccc1)(c1ccccc1)C(C)(C)C. The Bertz CT molecular complexity index is 1380. The third-order valence-corrected chi connectivity index (χ3v) is 14.4. The number of benzene rings is 3. The number of carbonyl (C=O) groups is 1. The number of rotatable bonds is 20. The molecular weight excluding hydrogens is 661 g/mol. The van der Waals surface area contributed by atoms with Crippen molar-refractivity contribution >= 4 is 24.7 Å². The first-order chi connectivity index (χ1) is 25.1. The van der Waals surface area contributed by atoms with Crippen LogP contribution in [0, 0.1) is 5.92 Å².